The van der Waals surface area contributed by atoms with Gasteiger partial charge in [0, 0.05) is 19.4 Å². The van der Waals surface area contributed by atoms with Crippen LogP contribution in [0, 0.1) is 0 Å². The zero-order valence-corrected chi connectivity index (χ0v) is 12.5. The molecule has 20 heavy (non-hydrogen) atoms. The third-order valence-electron chi connectivity index (χ3n) is 3.90. The van der Waals surface area contributed by atoms with Crippen LogP contribution < -0.4 is 0 Å². The molecule has 5 nitrogen and oxygen atoms in total. The molecule has 0 radical (unpaired) electrons. The minimum Gasteiger partial charge on any atom is -0.367 e. The van der Waals surface area contributed by atoms with Crippen LogP contribution in [0.25, 0.3) is 0 Å². The second kappa shape index (κ2) is 6.97. The average Bonchev–Trinajstić information content (AvgIpc) is 2.78. The predicted molar refractivity (Wildman–Crippen MR) is 74.3 cm³/mol. The van der Waals surface area contributed by atoms with Crippen molar-refractivity contribution in [3.63, 3.8) is 0 Å². The Bertz CT molecular complexity index is 434. The molecule has 1 saturated carbocycles. The van der Waals surface area contributed by atoms with Crippen LogP contribution in [0.1, 0.15) is 70.5 Å². The van der Waals surface area contributed by atoms with Gasteiger partial charge in [-0.25, -0.2) is 0 Å². The Balaban J connectivity index is 2.14. The van der Waals surface area contributed by atoms with Crippen molar-refractivity contribution in [2.75, 3.05) is 6.61 Å². The summed E-state index contributed by atoms with van der Waals surface area (Å²) in [6.07, 6.45) is 7.62. The van der Waals surface area contributed by atoms with Gasteiger partial charge in [0.25, 0.3) is 0 Å². The van der Waals surface area contributed by atoms with E-state index in [-0.39, 0.29) is 11.4 Å². The standard InChI is InChI=1S/C15H24N2O3/c1-3-19-15(10-6-4-5-7-11-15)14-16-13(20-17-14)9-8-12(2)18/h3-11H2,1-2H3. The molecule has 1 aliphatic carbocycles. The monoisotopic (exact) mass is 280 g/mol. The Hall–Kier alpha value is -1.23. The normalized spacial score (nSPS) is 18.7. The first-order valence-electron chi connectivity index (χ1n) is 7.63. The molecule has 0 aromatic carbocycles. The fraction of sp³-hybridized carbons (Fsp3) is 0.800. The van der Waals surface area contributed by atoms with Crippen molar-refractivity contribution in [3.8, 4) is 0 Å². The van der Waals surface area contributed by atoms with E-state index in [2.05, 4.69) is 10.1 Å². The summed E-state index contributed by atoms with van der Waals surface area (Å²) in [5.41, 5.74) is -0.386. The summed E-state index contributed by atoms with van der Waals surface area (Å²) < 4.78 is 11.3. The van der Waals surface area contributed by atoms with E-state index in [1.165, 1.54) is 12.8 Å². The topological polar surface area (TPSA) is 65.2 Å². The van der Waals surface area contributed by atoms with Gasteiger partial charge in [-0.3, -0.25) is 0 Å². The second-order valence-electron chi connectivity index (χ2n) is 5.56. The smallest absolute Gasteiger partial charge is 0.227 e. The van der Waals surface area contributed by atoms with E-state index in [1.807, 2.05) is 6.92 Å². The maximum atomic E-state index is 11.0. The number of Topliss-reactive ketones (excluding diaryl/α,β-unsaturated/α-hetero) is 1. The van der Waals surface area contributed by atoms with E-state index in [9.17, 15) is 4.79 Å². The molecular formula is C15H24N2O3. The summed E-state index contributed by atoms with van der Waals surface area (Å²) in [5.74, 6) is 1.34. The van der Waals surface area contributed by atoms with E-state index in [1.54, 1.807) is 6.92 Å². The van der Waals surface area contributed by atoms with Crippen LogP contribution in [0.15, 0.2) is 4.52 Å². The van der Waals surface area contributed by atoms with Crippen LogP contribution in [-0.4, -0.2) is 22.5 Å². The number of nitrogens with zero attached hydrogens (tertiary/aromatic N) is 2. The molecule has 0 N–H and O–H groups in total. The quantitative estimate of drug-likeness (QED) is 0.749. The Labute approximate surface area is 120 Å². The van der Waals surface area contributed by atoms with Gasteiger partial charge in [-0.15, -0.1) is 0 Å². The lowest BCUT2D eigenvalue weighted by molar-refractivity contribution is -0.117. The number of ketones is 1. The summed E-state index contributed by atoms with van der Waals surface area (Å²) in [4.78, 5) is 15.5. The van der Waals surface area contributed by atoms with Gasteiger partial charge in [-0.05, 0) is 26.7 Å². The van der Waals surface area contributed by atoms with Gasteiger partial charge < -0.3 is 14.1 Å². The molecule has 0 unspecified atom stereocenters. The SMILES string of the molecule is CCOC1(c2noc(CCC(C)=O)n2)CCCCCC1. The summed E-state index contributed by atoms with van der Waals surface area (Å²) >= 11 is 0. The van der Waals surface area contributed by atoms with Crippen molar-refractivity contribution >= 4 is 5.78 Å². The van der Waals surface area contributed by atoms with Gasteiger partial charge in [-0.2, -0.15) is 4.98 Å². The van der Waals surface area contributed by atoms with Crippen molar-refractivity contribution in [2.24, 2.45) is 0 Å². The summed E-state index contributed by atoms with van der Waals surface area (Å²) in [7, 11) is 0. The van der Waals surface area contributed by atoms with Gasteiger partial charge in [0.15, 0.2) is 0 Å². The number of ether oxygens (including phenoxy) is 1. The molecule has 0 amide bonds. The first-order valence-corrected chi connectivity index (χ1v) is 7.63. The zero-order chi connectivity index (χ0) is 14.4. The summed E-state index contributed by atoms with van der Waals surface area (Å²) in [6, 6.07) is 0. The third kappa shape index (κ3) is 3.66. The molecule has 0 bridgehead atoms. The van der Waals surface area contributed by atoms with Gasteiger partial charge in [0.1, 0.15) is 11.4 Å². The number of aryl methyl sites for hydroxylation is 1. The van der Waals surface area contributed by atoms with E-state index in [0.29, 0.717) is 31.2 Å². The van der Waals surface area contributed by atoms with Crippen LogP contribution in [0.2, 0.25) is 0 Å². The second-order valence-corrected chi connectivity index (χ2v) is 5.56. The minimum atomic E-state index is -0.386. The number of rotatable bonds is 6. The summed E-state index contributed by atoms with van der Waals surface area (Å²) in [5, 5.41) is 4.13. The van der Waals surface area contributed by atoms with Crippen LogP contribution >= 0.6 is 0 Å². The van der Waals surface area contributed by atoms with Crippen molar-refractivity contribution in [3.05, 3.63) is 11.7 Å². The van der Waals surface area contributed by atoms with Crippen molar-refractivity contribution in [1.29, 1.82) is 0 Å². The molecule has 5 heteroatoms. The van der Waals surface area contributed by atoms with Crippen molar-refractivity contribution in [2.45, 2.75) is 70.8 Å². The zero-order valence-electron chi connectivity index (χ0n) is 12.5. The first kappa shape index (κ1) is 15.2. The molecule has 1 aromatic heterocycles. The highest BCUT2D eigenvalue weighted by atomic mass is 16.5. The highest BCUT2D eigenvalue weighted by Crippen LogP contribution is 2.38. The highest BCUT2D eigenvalue weighted by molar-refractivity contribution is 5.75. The van der Waals surface area contributed by atoms with Crippen LogP contribution in [0.3, 0.4) is 0 Å². The molecular weight excluding hydrogens is 256 g/mol. The first-order chi connectivity index (χ1) is 9.66. The third-order valence-corrected chi connectivity index (χ3v) is 3.90. The maximum Gasteiger partial charge on any atom is 0.227 e. The van der Waals surface area contributed by atoms with Crippen molar-refractivity contribution < 1.29 is 14.1 Å². The minimum absolute atomic E-state index is 0.138. The van der Waals surface area contributed by atoms with E-state index >= 15 is 0 Å². The molecule has 1 fully saturated rings. The molecule has 0 saturated heterocycles. The van der Waals surface area contributed by atoms with Gasteiger partial charge in [0.05, 0.1) is 0 Å². The Morgan fingerprint density at radius 3 is 2.60 bits per heavy atom. The average molecular weight is 280 g/mol. The number of hydrogen-bond donors (Lipinski definition) is 0. The molecule has 0 spiro atoms. The Kier molecular flexibility index (Phi) is 5.29. The number of hydrogen-bond acceptors (Lipinski definition) is 5. The van der Waals surface area contributed by atoms with E-state index < -0.39 is 0 Å². The fourth-order valence-electron chi connectivity index (χ4n) is 2.83. The highest BCUT2D eigenvalue weighted by Gasteiger charge is 2.38. The Morgan fingerprint density at radius 2 is 2.00 bits per heavy atom. The molecule has 112 valence electrons. The summed E-state index contributed by atoms with van der Waals surface area (Å²) in [6.45, 7) is 4.23. The lowest BCUT2D eigenvalue weighted by atomic mass is 9.93. The number of aromatic nitrogens is 2. The predicted octanol–water partition coefficient (Wildman–Crippen LogP) is 3.18. The molecule has 1 aliphatic rings. The van der Waals surface area contributed by atoms with Crippen LogP contribution in [0.4, 0.5) is 0 Å². The number of carbonyl (C=O) groups excluding carboxylic acids is 1. The lowest BCUT2D eigenvalue weighted by Gasteiger charge is -2.29. The van der Waals surface area contributed by atoms with Gasteiger partial charge in [0.2, 0.25) is 11.7 Å². The van der Waals surface area contributed by atoms with E-state index in [4.69, 9.17) is 9.26 Å². The number of carbonyl (C=O) groups is 1. The molecule has 0 aliphatic heterocycles. The molecule has 1 aromatic rings. The molecule has 0 atom stereocenters. The maximum absolute atomic E-state index is 11.0. The fourth-order valence-corrected chi connectivity index (χ4v) is 2.83. The molecule has 2 rings (SSSR count). The van der Waals surface area contributed by atoms with Gasteiger partial charge in [-0.1, -0.05) is 30.8 Å². The van der Waals surface area contributed by atoms with Gasteiger partial charge >= 0.3 is 0 Å². The van der Waals surface area contributed by atoms with Crippen LogP contribution in [-0.2, 0) is 21.6 Å². The molecule has 1 heterocycles. The largest absolute Gasteiger partial charge is 0.367 e. The van der Waals surface area contributed by atoms with E-state index in [0.717, 1.165) is 25.7 Å². The lowest BCUT2D eigenvalue weighted by Crippen LogP contribution is -2.30. The van der Waals surface area contributed by atoms with Crippen molar-refractivity contribution in [1.82, 2.24) is 10.1 Å². The van der Waals surface area contributed by atoms with Crippen LogP contribution in [0.5, 0.6) is 0 Å². The Morgan fingerprint density at radius 1 is 1.30 bits per heavy atom.